The highest BCUT2D eigenvalue weighted by atomic mass is 19.4. The van der Waals surface area contributed by atoms with Crippen LogP contribution in [0.1, 0.15) is 80.4 Å². The summed E-state index contributed by atoms with van der Waals surface area (Å²) in [6, 6.07) is 3.37. The molecule has 2 atom stereocenters. The van der Waals surface area contributed by atoms with Gasteiger partial charge in [-0.05, 0) is 91.5 Å². The highest BCUT2D eigenvalue weighted by Gasteiger charge is 2.44. The first-order valence-corrected chi connectivity index (χ1v) is 13.2. The number of aryl methyl sites for hydroxylation is 1. The first kappa shape index (κ1) is 30.7. The molecule has 2 unspecified atom stereocenters. The molecule has 2 aliphatic rings. The first-order valence-electron chi connectivity index (χ1n) is 13.2. The van der Waals surface area contributed by atoms with Crippen LogP contribution in [0, 0.1) is 18.2 Å². The third-order valence-electron chi connectivity index (χ3n) is 8.08. The van der Waals surface area contributed by atoms with E-state index in [1.54, 1.807) is 13.0 Å². The molecule has 0 saturated carbocycles. The van der Waals surface area contributed by atoms with Crippen LogP contribution in [0.25, 0.3) is 5.57 Å². The summed E-state index contributed by atoms with van der Waals surface area (Å²) in [5.41, 5.74) is -0.554. The molecule has 0 radical (unpaired) electrons. The van der Waals surface area contributed by atoms with Gasteiger partial charge in [-0.3, -0.25) is 4.90 Å². The average Bonchev–Trinajstić information content (AvgIpc) is 3.05. The lowest BCUT2D eigenvalue weighted by Gasteiger charge is -2.25. The number of rotatable bonds is 5. The zero-order valence-electron chi connectivity index (χ0n) is 23.4. The van der Waals surface area contributed by atoms with Gasteiger partial charge in [-0.2, -0.15) is 26.3 Å². The standard InChI is InChI=1S/C30H32F7NO3/c1-16-10-23(25(40-5)14-24(16)31)22-7-9-28(3,4)8-6-18(22)15-38-17(2)26(41-27(38)39)19-11-20(29(32,33)34)13-21(12-19)30(35,36)37/h10-14,17,26H,6-9,15H2,1-5H3. The largest absolute Gasteiger partial charge is 0.496 e. The molecule has 4 rings (SSSR count). The molecule has 0 N–H and O–H groups in total. The van der Waals surface area contributed by atoms with E-state index < -0.39 is 47.5 Å². The molecule has 41 heavy (non-hydrogen) atoms. The lowest BCUT2D eigenvalue weighted by atomic mass is 9.84. The number of amides is 1. The van der Waals surface area contributed by atoms with Gasteiger partial charge in [0.2, 0.25) is 0 Å². The number of carbonyl (C=O) groups is 1. The van der Waals surface area contributed by atoms with Crippen LogP contribution in [0.2, 0.25) is 0 Å². The fourth-order valence-corrected chi connectivity index (χ4v) is 5.48. The van der Waals surface area contributed by atoms with Crippen LogP contribution >= 0.6 is 0 Å². The maximum absolute atomic E-state index is 14.3. The third kappa shape index (κ3) is 6.48. The Morgan fingerprint density at radius 2 is 1.56 bits per heavy atom. The Hall–Kier alpha value is -3.24. The maximum Gasteiger partial charge on any atom is 0.416 e. The molecule has 2 aromatic carbocycles. The van der Waals surface area contributed by atoms with Crippen molar-refractivity contribution in [1.82, 2.24) is 4.90 Å². The van der Waals surface area contributed by atoms with Crippen LogP contribution in [0.15, 0.2) is 35.9 Å². The molecular weight excluding hydrogens is 555 g/mol. The van der Waals surface area contributed by atoms with Crippen LogP contribution < -0.4 is 4.74 Å². The lowest BCUT2D eigenvalue weighted by molar-refractivity contribution is -0.143. The number of halogens is 7. The molecule has 0 bridgehead atoms. The monoisotopic (exact) mass is 587 g/mol. The minimum Gasteiger partial charge on any atom is -0.496 e. The average molecular weight is 588 g/mol. The number of hydrogen-bond donors (Lipinski definition) is 0. The summed E-state index contributed by atoms with van der Waals surface area (Å²) in [6.45, 7) is 7.46. The van der Waals surface area contributed by atoms with E-state index in [1.165, 1.54) is 25.0 Å². The molecule has 1 aliphatic heterocycles. The summed E-state index contributed by atoms with van der Waals surface area (Å²) < 4.78 is 106. The normalized spacial score (nSPS) is 21.7. The zero-order valence-corrected chi connectivity index (χ0v) is 23.4. The first-order chi connectivity index (χ1) is 18.9. The van der Waals surface area contributed by atoms with Gasteiger partial charge in [0, 0.05) is 18.2 Å². The molecular formula is C30H32F7NO3. The molecule has 224 valence electrons. The molecule has 11 heteroatoms. The van der Waals surface area contributed by atoms with Crippen molar-refractivity contribution in [2.75, 3.05) is 13.7 Å². The smallest absolute Gasteiger partial charge is 0.416 e. The van der Waals surface area contributed by atoms with E-state index in [-0.39, 0.29) is 23.6 Å². The molecule has 4 nitrogen and oxygen atoms in total. The number of hydrogen-bond acceptors (Lipinski definition) is 3. The second-order valence-corrected chi connectivity index (χ2v) is 11.6. The third-order valence-corrected chi connectivity index (χ3v) is 8.08. The fraction of sp³-hybridized carbons (Fsp3) is 0.500. The van der Waals surface area contributed by atoms with Crippen molar-refractivity contribution in [3.05, 3.63) is 69.5 Å². The fourth-order valence-electron chi connectivity index (χ4n) is 5.48. The van der Waals surface area contributed by atoms with Gasteiger partial charge in [0.25, 0.3) is 0 Å². The van der Waals surface area contributed by atoms with Gasteiger partial charge >= 0.3 is 18.4 Å². The highest BCUT2D eigenvalue weighted by molar-refractivity contribution is 5.76. The van der Waals surface area contributed by atoms with Gasteiger partial charge in [0.05, 0.1) is 24.3 Å². The van der Waals surface area contributed by atoms with Crippen molar-refractivity contribution < 1.29 is 45.0 Å². The molecule has 1 heterocycles. The molecule has 0 spiro atoms. The summed E-state index contributed by atoms with van der Waals surface area (Å²) in [7, 11) is 1.43. The van der Waals surface area contributed by atoms with Gasteiger partial charge in [-0.1, -0.05) is 13.8 Å². The topological polar surface area (TPSA) is 38.8 Å². The summed E-state index contributed by atoms with van der Waals surface area (Å²) in [5, 5.41) is 0. The summed E-state index contributed by atoms with van der Waals surface area (Å²) in [4.78, 5) is 14.4. The van der Waals surface area contributed by atoms with Gasteiger partial charge in [0.1, 0.15) is 17.7 Å². The molecule has 1 aliphatic carbocycles. The van der Waals surface area contributed by atoms with Gasteiger partial charge in [-0.25, -0.2) is 9.18 Å². The van der Waals surface area contributed by atoms with Crippen molar-refractivity contribution in [3.8, 4) is 5.75 Å². The van der Waals surface area contributed by atoms with Crippen molar-refractivity contribution in [2.45, 2.75) is 77.9 Å². The second-order valence-electron chi connectivity index (χ2n) is 11.6. The van der Waals surface area contributed by atoms with Crippen molar-refractivity contribution in [3.63, 3.8) is 0 Å². The van der Waals surface area contributed by atoms with E-state index in [2.05, 4.69) is 13.8 Å². The predicted molar refractivity (Wildman–Crippen MR) is 139 cm³/mol. The van der Waals surface area contributed by atoms with E-state index in [4.69, 9.17) is 9.47 Å². The van der Waals surface area contributed by atoms with E-state index in [9.17, 15) is 35.5 Å². The van der Waals surface area contributed by atoms with Crippen LogP contribution in [0.4, 0.5) is 35.5 Å². The van der Waals surface area contributed by atoms with Crippen molar-refractivity contribution in [1.29, 1.82) is 0 Å². The number of nitrogens with zero attached hydrogens (tertiary/aromatic N) is 1. The Labute approximate surface area is 234 Å². The Balaban J connectivity index is 1.74. The van der Waals surface area contributed by atoms with E-state index in [0.29, 0.717) is 41.9 Å². The van der Waals surface area contributed by atoms with Gasteiger partial charge in [0.15, 0.2) is 0 Å². The number of methoxy groups -OCH3 is 1. The lowest BCUT2D eigenvalue weighted by Crippen LogP contribution is -2.34. The minimum absolute atomic E-state index is 0.0407. The van der Waals surface area contributed by atoms with E-state index >= 15 is 0 Å². The molecule has 1 amide bonds. The highest BCUT2D eigenvalue weighted by Crippen LogP contribution is 2.45. The van der Waals surface area contributed by atoms with Crippen molar-refractivity contribution >= 4 is 11.7 Å². The number of carbonyl (C=O) groups excluding carboxylic acids is 1. The molecule has 1 fully saturated rings. The molecule has 2 aromatic rings. The summed E-state index contributed by atoms with van der Waals surface area (Å²) in [6.07, 6.45) is -9.49. The Morgan fingerprint density at radius 3 is 2.12 bits per heavy atom. The van der Waals surface area contributed by atoms with E-state index in [1.807, 2.05) is 0 Å². The van der Waals surface area contributed by atoms with Crippen LogP contribution in [-0.2, 0) is 17.1 Å². The van der Waals surface area contributed by atoms with Crippen LogP contribution in [0.3, 0.4) is 0 Å². The molecule has 0 aromatic heterocycles. The van der Waals surface area contributed by atoms with Crippen molar-refractivity contribution in [2.24, 2.45) is 5.41 Å². The maximum atomic E-state index is 14.3. The van der Waals surface area contributed by atoms with E-state index in [0.717, 1.165) is 24.0 Å². The summed E-state index contributed by atoms with van der Waals surface area (Å²) >= 11 is 0. The number of benzene rings is 2. The number of ether oxygens (including phenoxy) is 2. The minimum atomic E-state index is -5.03. The van der Waals surface area contributed by atoms with Crippen LogP contribution in [0.5, 0.6) is 5.75 Å². The number of alkyl halides is 6. The van der Waals surface area contributed by atoms with Gasteiger partial charge < -0.3 is 9.47 Å². The van der Waals surface area contributed by atoms with Crippen LogP contribution in [-0.4, -0.2) is 30.7 Å². The Bertz CT molecular complexity index is 1330. The molecule has 1 saturated heterocycles. The number of cyclic esters (lactones) is 1. The quantitative estimate of drug-likeness (QED) is 0.328. The SMILES string of the molecule is COc1cc(F)c(C)cc1C1=C(CN2C(=O)OC(c3cc(C(F)(F)F)cc(C(F)(F)F)c3)C2C)CCC(C)(C)CC1. The number of allylic oxidation sites excluding steroid dienone is 1. The Kier molecular flexibility index (Phi) is 8.14. The van der Waals surface area contributed by atoms with Gasteiger partial charge in [-0.15, -0.1) is 0 Å². The Morgan fingerprint density at radius 1 is 0.976 bits per heavy atom. The zero-order chi connectivity index (χ0) is 30.5. The predicted octanol–water partition coefficient (Wildman–Crippen LogP) is 9.12. The second kappa shape index (κ2) is 10.9. The summed E-state index contributed by atoms with van der Waals surface area (Å²) in [5.74, 6) is -0.0977.